The molecule has 1 fully saturated rings. The van der Waals surface area contributed by atoms with Gasteiger partial charge in [-0.15, -0.1) is 0 Å². The van der Waals surface area contributed by atoms with E-state index in [2.05, 4.69) is 27.7 Å². The smallest absolute Gasteiger partial charge is 0.388 e. The van der Waals surface area contributed by atoms with Crippen LogP contribution in [0.2, 0.25) is 0 Å². The first-order valence-electron chi connectivity index (χ1n) is 11.9. The van der Waals surface area contributed by atoms with Crippen LogP contribution in [0.4, 0.5) is 13.2 Å². The monoisotopic (exact) mass is 445 g/mol. The molecular formula is C27H34F3NO. The molecular weight excluding hydrogens is 411 g/mol. The molecule has 2 aliphatic rings. The predicted octanol–water partition coefficient (Wildman–Crippen LogP) is 7.48. The summed E-state index contributed by atoms with van der Waals surface area (Å²) in [5.74, 6) is 0.594. The van der Waals surface area contributed by atoms with Gasteiger partial charge in [0.05, 0.1) is 11.7 Å². The van der Waals surface area contributed by atoms with Gasteiger partial charge in [-0.3, -0.25) is 4.98 Å². The number of aliphatic hydroxyl groups excluding tert-OH is 1. The number of hydrogen-bond acceptors (Lipinski definition) is 2. The Morgan fingerprint density at radius 2 is 1.69 bits per heavy atom. The molecule has 174 valence electrons. The molecule has 0 bridgehead atoms. The van der Waals surface area contributed by atoms with E-state index < -0.39 is 17.8 Å². The molecule has 2 nitrogen and oxygen atoms in total. The number of hydrogen-bond donors (Lipinski definition) is 1. The first-order chi connectivity index (χ1) is 15.0. The molecule has 0 amide bonds. The molecule has 1 heterocycles. The SMILES string of the molecule is CC(C)c1nc2c(c(C3CCCC3)c1Cc1ccc(C(F)(F)F)cc1)[C@@H](O)CC(C)(C)C2. The number of aliphatic hydroxyl groups is 1. The minimum absolute atomic E-state index is 0.00441. The Kier molecular flexibility index (Phi) is 6.17. The average molecular weight is 446 g/mol. The maximum Gasteiger partial charge on any atom is 0.416 e. The minimum Gasteiger partial charge on any atom is -0.388 e. The second kappa shape index (κ2) is 8.48. The maximum atomic E-state index is 13.0. The van der Waals surface area contributed by atoms with Crippen LogP contribution in [0.1, 0.15) is 117 Å². The number of fused-ring (bicyclic) bond motifs is 1. The van der Waals surface area contributed by atoms with Crippen LogP contribution in [0.25, 0.3) is 0 Å². The van der Waals surface area contributed by atoms with Gasteiger partial charge in [0.25, 0.3) is 0 Å². The fourth-order valence-electron chi connectivity index (χ4n) is 5.75. The number of rotatable bonds is 4. The summed E-state index contributed by atoms with van der Waals surface area (Å²) in [6.07, 6.45) is 1.80. The minimum atomic E-state index is -4.33. The number of aromatic nitrogens is 1. The molecule has 2 aliphatic carbocycles. The Morgan fingerprint density at radius 3 is 2.25 bits per heavy atom. The van der Waals surface area contributed by atoms with Crippen molar-refractivity contribution in [3.8, 4) is 0 Å². The van der Waals surface area contributed by atoms with Crippen LogP contribution in [0.5, 0.6) is 0 Å². The van der Waals surface area contributed by atoms with Gasteiger partial charge >= 0.3 is 6.18 Å². The van der Waals surface area contributed by atoms with Crippen LogP contribution in [-0.2, 0) is 19.0 Å². The Morgan fingerprint density at radius 1 is 1.06 bits per heavy atom. The summed E-state index contributed by atoms with van der Waals surface area (Å²) in [7, 11) is 0. The van der Waals surface area contributed by atoms with Gasteiger partial charge in [-0.25, -0.2) is 0 Å². The zero-order valence-electron chi connectivity index (χ0n) is 19.5. The van der Waals surface area contributed by atoms with E-state index in [0.717, 1.165) is 47.3 Å². The van der Waals surface area contributed by atoms with Crippen LogP contribution in [0.15, 0.2) is 24.3 Å². The summed E-state index contributed by atoms with van der Waals surface area (Å²) in [5.41, 5.74) is 5.68. The standard InChI is InChI=1S/C27H34F3NO/c1-16(2)25-20(13-17-9-11-19(12-10-17)27(28,29)30)23(18-7-5-6-8-18)24-21(31-25)14-26(3,4)15-22(24)32/h9-12,16,18,22,32H,5-8,13-15H2,1-4H3/t22-/m0/s1. The Labute approximate surface area is 189 Å². The topological polar surface area (TPSA) is 33.1 Å². The highest BCUT2D eigenvalue weighted by molar-refractivity contribution is 5.49. The maximum absolute atomic E-state index is 13.0. The zero-order valence-corrected chi connectivity index (χ0v) is 19.5. The molecule has 0 radical (unpaired) electrons. The molecule has 1 saturated carbocycles. The Bertz CT molecular complexity index is 970. The largest absolute Gasteiger partial charge is 0.416 e. The number of alkyl halides is 3. The van der Waals surface area contributed by atoms with Gasteiger partial charge in [-0.1, -0.05) is 52.7 Å². The third-order valence-electron chi connectivity index (χ3n) is 7.19. The second-order valence-corrected chi connectivity index (χ2v) is 10.8. The van der Waals surface area contributed by atoms with E-state index in [-0.39, 0.29) is 11.3 Å². The molecule has 32 heavy (non-hydrogen) atoms. The van der Waals surface area contributed by atoms with Gasteiger partial charge in [-0.05, 0) is 78.2 Å². The highest BCUT2D eigenvalue weighted by atomic mass is 19.4. The van der Waals surface area contributed by atoms with Gasteiger partial charge in [-0.2, -0.15) is 13.2 Å². The summed E-state index contributed by atoms with van der Waals surface area (Å²) in [5, 5.41) is 11.2. The third-order valence-corrected chi connectivity index (χ3v) is 7.19. The van der Waals surface area contributed by atoms with Crippen molar-refractivity contribution < 1.29 is 18.3 Å². The number of nitrogens with zero attached hydrogens (tertiary/aromatic N) is 1. The van der Waals surface area contributed by atoms with Gasteiger partial charge in [0.1, 0.15) is 0 Å². The first-order valence-corrected chi connectivity index (χ1v) is 11.9. The molecule has 1 aromatic heterocycles. The average Bonchev–Trinajstić information content (AvgIpc) is 3.21. The van der Waals surface area contributed by atoms with Crippen LogP contribution in [0, 0.1) is 5.41 Å². The molecule has 2 aromatic rings. The lowest BCUT2D eigenvalue weighted by Crippen LogP contribution is -2.29. The Hall–Kier alpha value is -1.88. The first kappa shape index (κ1) is 23.3. The lowest BCUT2D eigenvalue weighted by molar-refractivity contribution is -0.137. The van der Waals surface area contributed by atoms with Crippen LogP contribution in [0.3, 0.4) is 0 Å². The van der Waals surface area contributed by atoms with Crippen molar-refractivity contribution in [3.63, 3.8) is 0 Å². The molecule has 1 aromatic carbocycles. The van der Waals surface area contributed by atoms with Gasteiger partial charge in [0, 0.05) is 17.0 Å². The summed E-state index contributed by atoms with van der Waals surface area (Å²) < 4.78 is 39.1. The molecule has 5 heteroatoms. The van der Waals surface area contributed by atoms with E-state index in [1.54, 1.807) is 12.1 Å². The molecule has 1 N–H and O–H groups in total. The number of halogens is 3. The Balaban J connectivity index is 1.86. The summed E-state index contributed by atoms with van der Waals surface area (Å²) >= 11 is 0. The summed E-state index contributed by atoms with van der Waals surface area (Å²) in [6, 6.07) is 5.51. The quantitative estimate of drug-likeness (QED) is 0.529. The van der Waals surface area contributed by atoms with E-state index in [0.29, 0.717) is 18.8 Å². The zero-order chi connectivity index (χ0) is 23.3. The lowest BCUT2D eigenvalue weighted by atomic mass is 9.70. The fourth-order valence-corrected chi connectivity index (χ4v) is 5.75. The molecule has 0 spiro atoms. The summed E-state index contributed by atoms with van der Waals surface area (Å²) in [4.78, 5) is 5.10. The molecule has 0 saturated heterocycles. The van der Waals surface area contributed by atoms with Crippen LogP contribution in [-0.4, -0.2) is 10.1 Å². The number of pyridine rings is 1. The highest BCUT2D eigenvalue weighted by Crippen LogP contribution is 2.48. The van der Waals surface area contributed by atoms with Crippen molar-refractivity contribution in [1.29, 1.82) is 0 Å². The number of benzene rings is 1. The summed E-state index contributed by atoms with van der Waals surface area (Å²) in [6.45, 7) is 8.63. The van der Waals surface area contributed by atoms with E-state index in [9.17, 15) is 18.3 Å². The van der Waals surface area contributed by atoms with Crippen molar-refractivity contribution >= 4 is 0 Å². The molecule has 4 rings (SSSR count). The van der Waals surface area contributed by atoms with Crippen molar-refractivity contribution in [2.75, 3.05) is 0 Å². The predicted molar refractivity (Wildman–Crippen MR) is 121 cm³/mol. The van der Waals surface area contributed by atoms with E-state index in [1.807, 2.05) is 0 Å². The third kappa shape index (κ3) is 4.59. The molecule has 1 atom stereocenters. The fraction of sp³-hybridized carbons (Fsp3) is 0.593. The van der Waals surface area contributed by atoms with E-state index >= 15 is 0 Å². The second-order valence-electron chi connectivity index (χ2n) is 10.8. The van der Waals surface area contributed by atoms with Crippen LogP contribution < -0.4 is 0 Å². The van der Waals surface area contributed by atoms with Crippen molar-refractivity contribution in [1.82, 2.24) is 4.98 Å². The highest BCUT2D eigenvalue weighted by Gasteiger charge is 2.38. The van der Waals surface area contributed by atoms with Crippen LogP contribution >= 0.6 is 0 Å². The van der Waals surface area contributed by atoms with Crippen molar-refractivity contribution in [2.24, 2.45) is 5.41 Å². The normalized spacial score (nSPS) is 21.2. The van der Waals surface area contributed by atoms with E-state index in [4.69, 9.17) is 4.98 Å². The van der Waals surface area contributed by atoms with Crippen molar-refractivity contribution in [2.45, 2.75) is 96.8 Å². The molecule has 0 aliphatic heterocycles. The van der Waals surface area contributed by atoms with Crippen molar-refractivity contribution in [3.05, 3.63) is 63.5 Å². The van der Waals surface area contributed by atoms with Gasteiger partial charge in [0.15, 0.2) is 0 Å². The molecule has 0 unspecified atom stereocenters. The van der Waals surface area contributed by atoms with E-state index in [1.165, 1.54) is 30.5 Å². The van der Waals surface area contributed by atoms with Gasteiger partial charge in [0.2, 0.25) is 0 Å². The van der Waals surface area contributed by atoms with Gasteiger partial charge < -0.3 is 5.11 Å². The lowest BCUT2D eigenvalue weighted by Gasteiger charge is -2.38.